The first-order valence-corrected chi connectivity index (χ1v) is 7.75. The smallest absolute Gasteiger partial charge is 0.223 e. The van der Waals surface area contributed by atoms with E-state index in [-0.39, 0.29) is 17.7 Å². The minimum absolute atomic E-state index is 0.0725. The minimum atomic E-state index is -1.40. The number of carbonyl (C=O) groups is 1. The van der Waals surface area contributed by atoms with E-state index in [4.69, 9.17) is 51.1 Å². The molecular weight excluding hydrogens is 332 g/mol. The Labute approximate surface area is 134 Å². The molecule has 0 aromatic carbocycles. The Morgan fingerprint density at radius 2 is 1.79 bits per heavy atom. The third-order valence-corrected chi connectivity index (χ3v) is 4.44. The van der Waals surface area contributed by atoms with E-state index in [1.54, 1.807) is 4.90 Å². The third-order valence-electron chi connectivity index (χ3n) is 3.23. The molecule has 0 bridgehead atoms. The lowest BCUT2D eigenvalue weighted by molar-refractivity contribution is -0.137. The molecule has 1 aliphatic rings. The van der Waals surface area contributed by atoms with Gasteiger partial charge in [0.2, 0.25) is 5.91 Å². The lowest BCUT2D eigenvalue weighted by Crippen LogP contribution is -2.43. The molecule has 0 N–H and O–H groups in total. The summed E-state index contributed by atoms with van der Waals surface area (Å²) in [6.07, 6.45) is 0.546. The van der Waals surface area contributed by atoms with Crippen LogP contribution in [0.5, 0.6) is 0 Å². The van der Waals surface area contributed by atoms with E-state index in [2.05, 4.69) is 0 Å². The molecule has 1 unspecified atom stereocenters. The van der Waals surface area contributed by atoms with Crippen LogP contribution in [0, 0.1) is 5.41 Å². The second-order valence-electron chi connectivity index (χ2n) is 5.45. The van der Waals surface area contributed by atoms with Gasteiger partial charge in [-0.05, 0) is 5.41 Å². The molecule has 1 amide bonds. The van der Waals surface area contributed by atoms with Gasteiger partial charge in [-0.25, -0.2) is 0 Å². The van der Waals surface area contributed by atoms with Crippen molar-refractivity contribution in [2.45, 2.75) is 35.9 Å². The Balaban J connectivity index is 2.54. The lowest BCUT2D eigenvalue weighted by atomic mass is 9.83. The first kappa shape index (κ1) is 17.6. The van der Waals surface area contributed by atoms with Crippen LogP contribution in [0.4, 0.5) is 0 Å². The number of ether oxygens (including phenoxy) is 1. The van der Waals surface area contributed by atoms with Crippen LogP contribution in [-0.2, 0) is 9.53 Å². The highest BCUT2D eigenvalue weighted by atomic mass is 35.6. The summed E-state index contributed by atoms with van der Waals surface area (Å²) in [5.41, 5.74) is -0.430. The van der Waals surface area contributed by atoms with E-state index < -0.39 is 9.21 Å². The Bertz CT molecular complexity index is 311. The van der Waals surface area contributed by atoms with Gasteiger partial charge in [-0.15, -0.1) is 11.6 Å². The zero-order valence-corrected chi connectivity index (χ0v) is 14.1. The van der Waals surface area contributed by atoms with E-state index in [1.165, 1.54) is 0 Å². The molecule has 1 atom stereocenters. The summed E-state index contributed by atoms with van der Waals surface area (Å²) in [6, 6.07) is 0. The van der Waals surface area contributed by atoms with E-state index in [9.17, 15) is 4.79 Å². The van der Waals surface area contributed by atoms with Gasteiger partial charge in [0.15, 0.2) is 3.79 Å². The largest absolute Gasteiger partial charge is 0.378 e. The molecule has 112 valence electrons. The molecule has 3 nitrogen and oxygen atoms in total. The summed E-state index contributed by atoms with van der Waals surface area (Å²) in [5.74, 6) is 0.0725. The summed E-state index contributed by atoms with van der Waals surface area (Å²) < 4.78 is 3.82. The number of hydrogen-bond donors (Lipinski definition) is 0. The second-order valence-corrected chi connectivity index (χ2v) is 8.49. The Morgan fingerprint density at radius 3 is 2.26 bits per heavy atom. The molecule has 0 aromatic rings. The number of nitrogens with zero attached hydrogens (tertiary/aromatic N) is 1. The van der Waals surface area contributed by atoms with E-state index in [1.807, 2.05) is 13.8 Å². The van der Waals surface area contributed by atoms with Crippen LogP contribution in [0.25, 0.3) is 0 Å². The first-order valence-electron chi connectivity index (χ1n) is 6.18. The molecule has 1 rings (SSSR count). The number of alkyl halides is 4. The fraction of sp³-hybridized carbons (Fsp3) is 0.917. The summed E-state index contributed by atoms with van der Waals surface area (Å²) in [5, 5.41) is -0.384. The third kappa shape index (κ3) is 6.26. The molecule has 0 spiro atoms. The minimum Gasteiger partial charge on any atom is -0.378 e. The Hall–Kier alpha value is 0.590. The summed E-state index contributed by atoms with van der Waals surface area (Å²) in [7, 11) is 0. The zero-order chi connectivity index (χ0) is 14.7. The molecule has 0 aliphatic carbocycles. The van der Waals surface area contributed by atoms with Gasteiger partial charge >= 0.3 is 0 Å². The van der Waals surface area contributed by atoms with Gasteiger partial charge in [0.05, 0.1) is 13.2 Å². The summed E-state index contributed by atoms with van der Waals surface area (Å²) >= 11 is 23.6. The van der Waals surface area contributed by atoms with Gasteiger partial charge < -0.3 is 9.64 Å². The number of morpholine rings is 1. The fourth-order valence-corrected chi connectivity index (χ4v) is 2.91. The van der Waals surface area contributed by atoms with Crippen molar-refractivity contribution in [3.63, 3.8) is 0 Å². The summed E-state index contributed by atoms with van der Waals surface area (Å²) in [4.78, 5) is 14.0. The number of hydrogen-bond acceptors (Lipinski definition) is 2. The first-order chi connectivity index (χ1) is 8.62. The molecule has 7 heteroatoms. The average Bonchev–Trinajstić information content (AvgIpc) is 2.27. The van der Waals surface area contributed by atoms with Crippen LogP contribution in [0.2, 0.25) is 0 Å². The zero-order valence-electron chi connectivity index (χ0n) is 11.1. The maximum atomic E-state index is 12.2. The highest BCUT2D eigenvalue weighted by Crippen LogP contribution is 2.41. The van der Waals surface area contributed by atoms with E-state index in [0.717, 1.165) is 0 Å². The van der Waals surface area contributed by atoms with Gasteiger partial charge in [-0.1, -0.05) is 48.7 Å². The number of carbonyl (C=O) groups excluding carboxylic acids is 1. The van der Waals surface area contributed by atoms with Crippen LogP contribution < -0.4 is 0 Å². The van der Waals surface area contributed by atoms with Crippen LogP contribution >= 0.6 is 46.4 Å². The van der Waals surface area contributed by atoms with Gasteiger partial charge in [0, 0.05) is 31.3 Å². The predicted octanol–water partition coefficient (Wildman–Crippen LogP) is 3.63. The Kier molecular flexibility index (Phi) is 6.53. The van der Waals surface area contributed by atoms with Crippen molar-refractivity contribution >= 4 is 52.3 Å². The Morgan fingerprint density at radius 1 is 1.26 bits per heavy atom. The highest BCUT2D eigenvalue weighted by Gasteiger charge is 2.37. The number of amides is 1. The van der Waals surface area contributed by atoms with Crippen molar-refractivity contribution in [1.82, 2.24) is 4.90 Å². The van der Waals surface area contributed by atoms with Crippen molar-refractivity contribution in [3.8, 4) is 0 Å². The normalized spacial score (nSPS) is 19.4. The van der Waals surface area contributed by atoms with Crippen LogP contribution in [0.15, 0.2) is 0 Å². The second kappa shape index (κ2) is 7.04. The predicted molar refractivity (Wildman–Crippen MR) is 80.3 cm³/mol. The van der Waals surface area contributed by atoms with Gasteiger partial charge in [0.1, 0.15) is 0 Å². The van der Waals surface area contributed by atoms with Crippen LogP contribution in [-0.4, -0.2) is 46.3 Å². The highest BCUT2D eigenvalue weighted by molar-refractivity contribution is 6.67. The van der Waals surface area contributed by atoms with E-state index >= 15 is 0 Å². The number of rotatable bonds is 4. The molecular formula is C12H19Cl4NO2. The van der Waals surface area contributed by atoms with Crippen molar-refractivity contribution in [1.29, 1.82) is 0 Å². The lowest BCUT2D eigenvalue weighted by Gasteiger charge is -2.34. The van der Waals surface area contributed by atoms with Crippen molar-refractivity contribution in [2.75, 3.05) is 26.3 Å². The molecule has 19 heavy (non-hydrogen) atoms. The van der Waals surface area contributed by atoms with Crippen molar-refractivity contribution < 1.29 is 9.53 Å². The molecule has 0 saturated carbocycles. The van der Waals surface area contributed by atoms with Crippen LogP contribution in [0.1, 0.15) is 26.7 Å². The SMILES string of the molecule is CC(C)(CC(=O)N1CCOCC1)C(Cl)CC(Cl)(Cl)Cl. The average molecular weight is 351 g/mol. The maximum absolute atomic E-state index is 12.2. The standard InChI is InChI=1S/C12H19Cl4NO2/c1-11(2,9(13)7-12(14,15)16)8-10(18)17-3-5-19-6-4-17/h9H,3-8H2,1-2H3. The van der Waals surface area contributed by atoms with Crippen molar-refractivity contribution in [3.05, 3.63) is 0 Å². The maximum Gasteiger partial charge on any atom is 0.223 e. The van der Waals surface area contributed by atoms with Crippen molar-refractivity contribution in [2.24, 2.45) is 5.41 Å². The number of halogens is 4. The molecule has 0 radical (unpaired) electrons. The quantitative estimate of drug-likeness (QED) is 0.724. The van der Waals surface area contributed by atoms with E-state index in [0.29, 0.717) is 32.7 Å². The topological polar surface area (TPSA) is 29.5 Å². The molecule has 1 fully saturated rings. The summed E-state index contributed by atoms with van der Waals surface area (Å²) in [6.45, 7) is 6.27. The molecule has 1 saturated heterocycles. The van der Waals surface area contributed by atoms with Gasteiger partial charge in [-0.3, -0.25) is 4.79 Å². The monoisotopic (exact) mass is 349 g/mol. The van der Waals surface area contributed by atoms with Gasteiger partial charge in [0.25, 0.3) is 0 Å². The molecule has 1 heterocycles. The fourth-order valence-electron chi connectivity index (χ4n) is 1.90. The van der Waals surface area contributed by atoms with Crippen LogP contribution in [0.3, 0.4) is 0 Å². The van der Waals surface area contributed by atoms with Gasteiger partial charge in [-0.2, -0.15) is 0 Å². The molecule has 0 aromatic heterocycles. The molecule has 1 aliphatic heterocycles.